The number of nitrogens with zero attached hydrogens (tertiary/aromatic N) is 2. The maximum atomic E-state index is 13.8. The molecule has 1 aromatic carbocycles. The van der Waals surface area contributed by atoms with Crippen molar-refractivity contribution in [1.29, 1.82) is 0 Å². The second-order valence-corrected chi connectivity index (χ2v) is 7.30. The topological polar surface area (TPSA) is 71.2 Å². The van der Waals surface area contributed by atoms with Crippen LogP contribution < -0.4 is 11.1 Å². The zero-order valence-electron chi connectivity index (χ0n) is 14.1. The minimum absolute atomic E-state index is 0.0318. The van der Waals surface area contributed by atoms with Crippen molar-refractivity contribution in [2.45, 2.75) is 38.3 Å². The van der Waals surface area contributed by atoms with Crippen molar-refractivity contribution >= 4 is 22.4 Å². The van der Waals surface area contributed by atoms with Crippen molar-refractivity contribution in [3.05, 3.63) is 46.7 Å². The first-order valence-corrected chi connectivity index (χ1v) is 9.43. The summed E-state index contributed by atoms with van der Waals surface area (Å²) >= 11 is 1.39. The van der Waals surface area contributed by atoms with Crippen LogP contribution in [0.5, 0.6) is 0 Å². The quantitative estimate of drug-likeness (QED) is 0.829. The highest BCUT2D eigenvalue weighted by Gasteiger charge is 2.22. The van der Waals surface area contributed by atoms with Gasteiger partial charge in [-0.3, -0.25) is 9.69 Å². The molecule has 1 saturated heterocycles. The number of benzene rings is 1. The monoisotopic (exact) mass is 362 g/mol. The molecule has 7 heteroatoms. The summed E-state index contributed by atoms with van der Waals surface area (Å²) in [6, 6.07) is 6.98. The first-order chi connectivity index (χ1) is 12.1. The number of halogens is 1. The molecule has 25 heavy (non-hydrogen) atoms. The van der Waals surface area contributed by atoms with Crippen LogP contribution in [0.1, 0.15) is 30.5 Å². The average molecular weight is 362 g/mol. The fourth-order valence-electron chi connectivity index (χ4n) is 3.16. The number of hydrogen-bond acceptors (Lipinski definition) is 5. The minimum Gasteiger partial charge on any atom is -0.375 e. The van der Waals surface area contributed by atoms with Crippen molar-refractivity contribution in [2.75, 3.05) is 18.8 Å². The zero-order valence-corrected chi connectivity index (χ0v) is 14.9. The maximum absolute atomic E-state index is 13.8. The van der Waals surface area contributed by atoms with Crippen LogP contribution in [0.25, 0.3) is 0 Å². The van der Waals surface area contributed by atoms with E-state index in [0.717, 1.165) is 31.6 Å². The van der Waals surface area contributed by atoms with Crippen LogP contribution in [0.2, 0.25) is 0 Å². The van der Waals surface area contributed by atoms with Gasteiger partial charge in [-0.05, 0) is 31.9 Å². The SMILES string of the molecule is Nc1nc(CCC(=O)N[C@@H]2CCCN(Cc3ccccc3F)C2)cs1. The van der Waals surface area contributed by atoms with Gasteiger partial charge < -0.3 is 11.1 Å². The van der Waals surface area contributed by atoms with Gasteiger partial charge in [-0.2, -0.15) is 0 Å². The first kappa shape index (κ1) is 17.8. The Morgan fingerprint density at radius 1 is 1.44 bits per heavy atom. The van der Waals surface area contributed by atoms with Gasteiger partial charge in [0.25, 0.3) is 0 Å². The molecule has 2 heterocycles. The van der Waals surface area contributed by atoms with Crippen molar-refractivity contribution in [1.82, 2.24) is 15.2 Å². The number of carbonyl (C=O) groups excluding carboxylic acids is 1. The number of nitrogens with two attached hydrogens (primary N) is 1. The molecule has 0 bridgehead atoms. The van der Waals surface area contributed by atoms with E-state index in [4.69, 9.17) is 5.73 Å². The fraction of sp³-hybridized carbons (Fsp3) is 0.444. The lowest BCUT2D eigenvalue weighted by molar-refractivity contribution is -0.122. The number of aryl methyl sites for hydroxylation is 1. The summed E-state index contributed by atoms with van der Waals surface area (Å²) in [7, 11) is 0. The van der Waals surface area contributed by atoms with Gasteiger partial charge in [-0.25, -0.2) is 9.37 Å². The number of carbonyl (C=O) groups is 1. The number of rotatable bonds is 6. The summed E-state index contributed by atoms with van der Waals surface area (Å²) in [4.78, 5) is 18.5. The normalized spacial score (nSPS) is 18.2. The average Bonchev–Trinajstić information content (AvgIpc) is 3.01. The van der Waals surface area contributed by atoms with Gasteiger partial charge in [0.15, 0.2) is 5.13 Å². The van der Waals surface area contributed by atoms with E-state index in [0.29, 0.717) is 30.1 Å². The number of nitrogen functional groups attached to an aromatic ring is 1. The van der Waals surface area contributed by atoms with E-state index in [1.807, 2.05) is 17.5 Å². The number of piperidine rings is 1. The van der Waals surface area contributed by atoms with Crippen LogP contribution in [0, 0.1) is 5.82 Å². The standard InChI is InChI=1S/C18H23FN4OS/c19-16-6-2-1-4-13(16)10-23-9-3-5-14(11-23)21-17(24)8-7-15-12-25-18(20)22-15/h1-2,4,6,12,14H,3,5,7-11H2,(H2,20,22)(H,21,24)/t14-/m1/s1. The summed E-state index contributed by atoms with van der Waals surface area (Å²) in [6.45, 7) is 2.26. The van der Waals surface area contributed by atoms with Crippen molar-refractivity contribution in [3.8, 4) is 0 Å². The second-order valence-electron chi connectivity index (χ2n) is 6.41. The summed E-state index contributed by atoms with van der Waals surface area (Å²) < 4.78 is 13.8. The smallest absolute Gasteiger partial charge is 0.220 e. The molecule has 0 spiro atoms. The molecule has 2 aromatic rings. The van der Waals surface area contributed by atoms with Gasteiger partial charge in [0.2, 0.25) is 5.91 Å². The number of nitrogens with one attached hydrogen (secondary N) is 1. The molecule has 1 aliphatic heterocycles. The molecule has 1 atom stereocenters. The third-order valence-corrected chi connectivity index (χ3v) is 5.12. The Kier molecular flexibility index (Phi) is 5.99. The number of amides is 1. The molecule has 134 valence electrons. The molecule has 1 amide bonds. The molecule has 3 N–H and O–H groups in total. The van der Waals surface area contributed by atoms with Crippen LogP contribution >= 0.6 is 11.3 Å². The number of likely N-dealkylation sites (tertiary alicyclic amines) is 1. The lowest BCUT2D eigenvalue weighted by Crippen LogP contribution is -2.47. The third-order valence-electron chi connectivity index (χ3n) is 4.40. The van der Waals surface area contributed by atoms with E-state index in [2.05, 4.69) is 15.2 Å². The summed E-state index contributed by atoms with van der Waals surface area (Å²) in [5.74, 6) is -0.138. The Bertz CT molecular complexity index is 721. The first-order valence-electron chi connectivity index (χ1n) is 8.55. The van der Waals surface area contributed by atoms with Crippen LogP contribution in [-0.4, -0.2) is 34.9 Å². The molecular weight excluding hydrogens is 339 g/mol. The highest BCUT2D eigenvalue weighted by atomic mass is 32.1. The molecule has 1 aromatic heterocycles. The number of hydrogen-bond donors (Lipinski definition) is 2. The highest BCUT2D eigenvalue weighted by molar-refractivity contribution is 7.13. The molecule has 3 rings (SSSR count). The number of anilines is 1. The largest absolute Gasteiger partial charge is 0.375 e. The van der Waals surface area contributed by atoms with E-state index >= 15 is 0 Å². The Morgan fingerprint density at radius 3 is 3.04 bits per heavy atom. The van der Waals surface area contributed by atoms with Crippen LogP contribution in [-0.2, 0) is 17.8 Å². The molecule has 5 nitrogen and oxygen atoms in total. The molecule has 0 aliphatic carbocycles. The summed E-state index contributed by atoms with van der Waals surface area (Å²) in [6.07, 6.45) is 2.98. The van der Waals surface area contributed by atoms with Crippen LogP contribution in [0.3, 0.4) is 0 Å². The van der Waals surface area contributed by atoms with Crippen LogP contribution in [0.4, 0.5) is 9.52 Å². The Morgan fingerprint density at radius 2 is 2.28 bits per heavy atom. The molecule has 0 radical (unpaired) electrons. The predicted molar refractivity (Wildman–Crippen MR) is 97.7 cm³/mol. The van der Waals surface area contributed by atoms with Gasteiger partial charge in [0.05, 0.1) is 5.69 Å². The number of thiazole rings is 1. The number of aromatic nitrogens is 1. The van der Waals surface area contributed by atoms with Gasteiger partial charge in [0, 0.05) is 36.5 Å². The Labute approximate surface area is 151 Å². The summed E-state index contributed by atoms with van der Waals surface area (Å²) in [5, 5.41) is 5.52. The van der Waals surface area contributed by atoms with E-state index in [1.54, 1.807) is 6.07 Å². The third kappa shape index (κ3) is 5.24. The molecular formula is C18H23FN4OS. The zero-order chi connectivity index (χ0) is 17.6. The fourth-order valence-corrected chi connectivity index (χ4v) is 3.76. The van der Waals surface area contributed by atoms with E-state index < -0.39 is 0 Å². The van der Waals surface area contributed by atoms with Crippen LogP contribution in [0.15, 0.2) is 29.6 Å². The predicted octanol–water partition coefficient (Wildman–Crippen LogP) is 2.58. The highest BCUT2D eigenvalue weighted by Crippen LogP contribution is 2.16. The van der Waals surface area contributed by atoms with E-state index in [9.17, 15) is 9.18 Å². The molecule has 0 unspecified atom stereocenters. The maximum Gasteiger partial charge on any atom is 0.220 e. The molecule has 1 fully saturated rings. The Balaban J connectivity index is 1.46. The summed E-state index contributed by atoms with van der Waals surface area (Å²) in [5.41, 5.74) is 7.17. The minimum atomic E-state index is -0.170. The molecule has 0 saturated carbocycles. The lowest BCUT2D eigenvalue weighted by atomic mass is 10.0. The second kappa shape index (κ2) is 8.40. The van der Waals surface area contributed by atoms with Crippen molar-refractivity contribution in [2.24, 2.45) is 0 Å². The molecule has 1 aliphatic rings. The van der Waals surface area contributed by atoms with E-state index in [-0.39, 0.29) is 17.8 Å². The Hall–Kier alpha value is -1.99. The van der Waals surface area contributed by atoms with Crippen molar-refractivity contribution in [3.63, 3.8) is 0 Å². The van der Waals surface area contributed by atoms with Gasteiger partial charge in [-0.1, -0.05) is 18.2 Å². The van der Waals surface area contributed by atoms with Gasteiger partial charge in [-0.15, -0.1) is 11.3 Å². The van der Waals surface area contributed by atoms with Crippen molar-refractivity contribution < 1.29 is 9.18 Å². The van der Waals surface area contributed by atoms with Gasteiger partial charge >= 0.3 is 0 Å². The van der Waals surface area contributed by atoms with Gasteiger partial charge in [0.1, 0.15) is 5.82 Å². The van der Waals surface area contributed by atoms with E-state index in [1.165, 1.54) is 17.4 Å². The lowest BCUT2D eigenvalue weighted by Gasteiger charge is -2.33.